The Balaban J connectivity index is 2.53. The molecule has 0 saturated carbocycles. The van der Waals surface area contributed by atoms with E-state index in [1.807, 2.05) is 4.90 Å². The Morgan fingerprint density at radius 3 is 2.70 bits per heavy atom. The maximum absolute atomic E-state index is 11.2. The van der Waals surface area contributed by atoms with Crippen molar-refractivity contribution in [2.75, 3.05) is 32.8 Å². The molecule has 20 heavy (non-hydrogen) atoms. The lowest BCUT2D eigenvalue weighted by Crippen LogP contribution is -2.48. The van der Waals surface area contributed by atoms with Gasteiger partial charge in [0.1, 0.15) is 6.04 Å². The van der Waals surface area contributed by atoms with Gasteiger partial charge in [0.15, 0.2) is 0 Å². The van der Waals surface area contributed by atoms with Crippen molar-refractivity contribution in [2.45, 2.75) is 19.4 Å². The van der Waals surface area contributed by atoms with E-state index < -0.39 is 12.0 Å². The van der Waals surface area contributed by atoms with Crippen LogP contribution in [0.1, 0.15) is 13.3 Å². The minimum atomic E-state index is -0.831. The number of amides is 1. The highest BCUT2D eigenvalue weighted by atomic mass is 16.4. The monoisotopic (exact) mass is 285 g/mol. The number of aliphatic carboxylic acids is 1. The fourth-order valence-electron chi connectivity index (χ4n) is 2.43. The van der Waals surface area contributed by atoms with Gasteiger partial charge in [0.05, 0.1) is 6.61 Å². The van der Waals surface area contributed by atoms with Gasteiger partial charge in [-0.05, 0) is 12.3 Å². The van der Waals surface area contributed by atoms with E-state index in [0.29, 0.717) is 32.6 Å². The first kappa shape index (κ1) is 16.6. The zero-order chi connectivity index (χ0) is 15.1. The molecule has 0 bridgehead atoms. The predicted molar refractivity (Wildman–Crippen MR) is 73.8 cm³/mol. The maximum atomic E-state index is 11.2. The second kappa shape index (κ2) is 7.98. The summed E-state index contributed by atoms with van der Waals surface area (Å²) >= 11 is 0. The fraction of sp³-hybridized carbons (Fsp3) is 0.692. The van der Waals surface area contributed by atoms with E-state index in [1.54, 1.807) is 11.1 Å². The van der Waals surface area contributed by atoms with Crippen molar-refractivity contribution in [1.82, 2.24) is 15.3 Å². The minimum Gasteiger partial charge on any atom is -0.480 e. The highest BCUT2D eigenvalue weighted by Crippen LogP contribution is 2.23. The van der Waals surface area contributed by atoms with Crippen LogP contribution in [-0.4, -0.2) is 70.8 Å². The van der Waals surface area contributed by atoms with E-state index in [9.17, 15) is 14.7 Å². The molecule has 1 amide bonds. The number of rotatable bonds is 8. The summed E-state index contributed by atoms with van der Waals surface area (Å²) in [6.45, 7) is 7.00. The first-order chi connectivity index (χ1) is 9.47. The molecule has 7 nitrogen and oxygen atoms in total. The van der Waals surface area contributed by atoms with Gasteiger partial charge in [-0.15, -0.1) is 6.58 Å². The summed E-state index contributed by atoms with van der Waals surface area (Å²) in [5.41, 5.74) is 2.61. The second-order valence-corrected chi connectivity index (χ2v) is 4.96. The minimum absolute atomic E-state index is 0.0715. The van der Waals surface area contributed by atoms with Crippen LogP contribution in [0.4, 0.5) is 0 Å². The van der Waals surface area contributed by atoms with Crippen LogP contribution in [0.3, 0.4) is 0 Å². The van der Waals surface area contributed by atoms with E-state index in [0.717, 1.165) is 0 Å². The Morgan fingerprint density at radius 2 is 2.20 bits per heavy atom. The fourth-order valence-corrected chi connectivity index (χ4v) is 2.43. The van der Waals surface area contributed by atoms with Gasteiger partial charge in [-0.1, -0.05) is 6.08 Å². The number of carboxylic acids is 1. The smallest absolute Gasteiger partial charge is 0.320 e. The molecule has 0 unspecified atom stereocenters. The number of likely N-dealkylation sites (tertiary alicyclic amines) is 1. The Labute approximate surface area is 118 Å². The summed E-state index contributed by atoms with van der Waals surface area (Å²) in [7, 11) is 0. The number of aliphatic hydroxyl groups excluding tert-OH is 1. The van der Waals surface area contributed by atoms with Gasteiger partial charge in [-0.3, -0.25) is 19.9 Å². The van der Waals surface area contributed by atoms with Crippen LogP contribution >= 0.6 is 0 Å². The standard InChI is InChI=1S/C13H23N3O4/c1-3-11-8-12(13(19)20)15(9-11)4-5-16(6-7-17)14-10(2)18/h3,11-12,17H,1,4-9H2,2H3,(H,14,18)(H,19,20)/t11-,12-/m1/s1. The molecule has 7 heteroatoms. The zero-order valence-corrected chi connectivity index (χ0v) is 11.8. The molecule has 0 radical (unpaired) electrons. The van der Waals surface area contributed by atoms with Gasteiger partial charge in [0, 0.05) is 33.1 Å². The van der Waals surface area contributed by atoms with E-state index in [2.05, 4.69) is 12.0 Å². The first-order valence-electron chi connectivity index (χ1n) is 6.70. The Bertz CT molecular complexity index is 362. The molecule has 1 saturated heterocycles. The van der Waals surface area contributed by atoms with E-state index in [-0.39, 0.29) is 18.4 Å². The van der Waals surface area contributed by atoms with Crippen molar-refractivity contribution < 1.29 is 19.8 Å². The molecule has 0 aromatic rings. The van der Waals surface area contributed by atoms with Crippen LogP contribution < -0.4 is 5.43 Å². The van der Waals surface area contributed by atoms with E-state index in [1.165, 1.54) is 6.92 Å². The van der Waals surface area contributed by atoms with Crippen LogP contribution in [0.25, 0.3) is 0 Å². The SMILES string of the molecule is C=C[C@@H]1C[C@H](C(=O)O)N(CCN(CCO)NC(C)=O)C1. The molecule has 1 rings (SSSR count). The van der Waals surface area contributed by atoms with Crippen LogP contribution in [0.2, 0.25) is 0 Å². The van der Waals surface area contributed by atoms with Gasteiger partial charge < -0.3 is 10.2 Å². The highest BCUT2D eigenvalue weighted by Gasteiger charge is 2.35. The highest BCUT2D eigenvalue weighted by molar-refractivity contribution is 5.74. The lowest BCUT2D eigenvalue weighted by atomic mass is 10.1. The van der Waals surface area contributed by atoms with Crippen molar-refractivity contribution in [2.24, 2.45) is 5.92 Å². The Morgan fingerprint density at radius 1 is 1.50 bits per heavy atom. The molecule has 1 aliphatic heterocycles. The molecule has 1 fully saturated rings. The quantitative estimate of drug-likeness (QED) is 0.403. The average Bonchev–Trinajstić information content (AvgIpc) is 2.79. The molecule has 2 atom stereocenters. The summed E-state index contributed by atoms with van der Waals surface area (Å²) in [6, 6.07) is -0.508. The van der Waals surface area contributed by atoms with Crippen molar-refractivity contribution in [3.8, 4) is 0 Å². The van der Waals surface area contributed by atoms with Crippen molar-refractivity contribution >= 4 is 11.9 Å². The molecule has 0 spiro atoms. The maximum Gasteiger partial charge on any atom is 0.320 e. The normalized spacial score (nSPS) is 22.9. The van der Waals surface area contributed by atoms with Crippen molar-refractivity contribution in [1.29, 1.82) is 0 Å². The summed E-state index contributed by atoms with van der Waals surface area (Å²) in [6.07, 6.45) is 2.36. The zero-order valence-electron chi connectivity index (χ0n) is 11.8. The number of nitrogens with one attached hydrogen (secondary N) is 1. The molecule has 114 valence electrons. The summed E-state index contributed by atoms with van der Waals surface area (Å²) in [5.74, 6) is -0.857. The van der Waals surface area contributed by atoms with E-state index in [4.69, 9.17) is 5.11 Å². The van der Waals surface area contributed by atoms with Crippen LogP contribution in [0.15, 0.2) is 12.7 Å². The number of hydrazine groups is 1. The second-order valence-electron chi connectivity index (χ2n) is 4.96. The summed E-state index contributed by atoms with van der Waals surface area (Å²) in [4.78, 5) is 24.1. The third-order valence-corrected chi connectivity index (χ3v) is 3.40. The third kappa shape index (κ3) is 4.92. The molecule has 1 heterocycles. The van der Waals surface area contributed by atoms with Gasteiger partial charge in [0.2, 0.25) is 5.91 Å². The van der Waals surface area contributed by atoms with E-state index >= 15 is 0 Å². The summed E-state index contributed by atoms with van der Waals surface area (Å²) in [5, 5.41) is 19.8. The van der Waals surface area contributed by atoms with Gasteiger partial charge in [-0.25, -0.2) is 5.01 Å². The molecule has 0 aliphatic carbocycles. The Hall–Kier alpha value is -1.44. The largest absolute Gasteiger partial charge is 0.480 e. The predicted octanol–water partition coefficient (Wildman–Crippen LogP) is -0.707. The van der Waals surface area contributed by atoms with Gasteiger partial charge in [-0.2, -0.15) is 0 Å². The number of hydrogen-bond acceptors (Lipinski definition) is 5. The topological polar surface area (TPSA) is 93.1 Å². The molecule has 1 aliphatic rings. The third-order valence-electron chi connectivity index (χ3n) is 3.40. The Kier molecular flexibility index (Phi) is 6.63. The van der Waals surface area contributed by atoms with Gasteiger partial charge in [0.25, 0.3) is 0 Å². The molecule has 3 N–H and O–H groups in total. The van der Waals surface area contributed by atoms with Crippen LogP contribution in [-0.2, 0) is 9.59 Å². The molecule has 0 aromatic carbocycles. The lowest BCUT2D eigenvalue weighted by molar-refractivity contribution is -0.142. The number of carbonyl (C=O) groups is 2. The number of aliphatic hydroxyl groups is 1. The molecule has 0 aromatic heterocycles. The average molecular weight is 285 g/mol. The van der Waals surface area contributed by atoms with Crippen LogP contribution in [0.5, 0.6) is 0 Å². The van der Waals surface area contributed by atoms with Gasteiger partial charge >= 0.3 is 5.97 Å². The molecular formula is C13H23N3O4. The lowest BCUT2D eigenvalue weighted by Gasteiger charge is -2.26. The number of carboxylic acid groups (broad SMARTS) is 1. The summed E-state index contributed by atoms with van der Waals surface area (Å²) < 4.78 is 0. The molecular weight excluding hydrogens is 262 g/mol. The number of hydrogen-bond donors (Lipinski definition) is 3. The van der Waals surface area contributed by atoms with Crippen molar-refractivity contribution in [3.05, 3.63) is 12.7 Å². The van der Waals surface area contributed by atoms with Crippen LogP contribution in [0, 0.1) is 5.92 Å². The number of carbonyl (C=O) groups excluding carboxylic acids is 1. The van der Waals surface area contributed by atoms with Crippen molar-refractivity contribution in [3.63, 3.8) is 0 Å². The number of nitrogens with zero attached hydrogens (tertiary/aromatic N) is 2. The first-order valence-corrected chi connectivity index (χ1v) is 6.70.